The number of rotatable bonds is 6. The lowest BCUT2D eigenvalue weighted by Gasteiger charge is -2.21. The second-order valence-electron chi connectivity index (χ2n) is 4.83. The lowest BCUT2D eigenvalue weighted by molar-refractivity contribution is -0.141. The number of hydrogen-bond acceptors (Lipinski definition) is 4. The molecule has 0 fully saturated rings. The summed E-state index contributed by atoms with van der Waals surface area (Å²) in [4.78, 5) is 24.9. The Kier molecular flexibility index (Phi) is 6.03. The second-order valence-corrected chi connectivity index (χ2v) is 4.83. The van der Waals surface area contributed by atoms with Crippen LogP contribution in [0.3, 0.4) is 0 Å². The number of nitrogen functional groups attached to an aromatic ring is 1. The van der Waals surface area contributed by atoms with E-state index in [1.165, 1.54) is 7.11 Å². The van der Waals surface area contributed by atoms with Gasteiger partial charge < -0.3 is 15.4 Å². The van der Waals surface area contributed by atoms with Crippen LogP contribution >= 0.6 is 0 Å². The Balaban J connectivity index is 2.53. The molecule has 1 aromatic carbocycles. The standard InChI is InChI=1S/C15H22N2O3/c1-11(12-6-4-7-13(16)10-12)15(19)17(2)9-5-8-14(18)20-3/h4,6-7,10-11H,5,8-9,16H2,1-3H3. The molecule has 110 valence electrons. The minimum atomic E-state index is -0.255. The number of hydrogen-bond donors (Lipinski definition) is 1. The normalized spacial score (nSPS) is 11.8. The van der Waals surface area contributed by atoms with Crippen molar-refractivity contribution < 1.29 is 14.3 Å². The van der Waals surface area contributed by atoms with Crippen molar-refractivity contribution in [1.29, 1.82) is 0 Å². The van der Waals surface area contributed by atoms with Crippen LogP contribution in [0.25, 0.3) is 0 Å². The lowest BCUT2D eigenvalue weighted by atomic mass is 9.99. The third kappa shape index (κ3) is 4.57. The van der Waals surface area contributed by atoms with Crippen molar-refractivity contribution in [1.82, 2.24) is 4.90 Å². The molecule has 0 heterocycles. The van der Waals surface area contributed by atoms with E-state index < -0.39 is 0 Å². The van der Waals surface area contributed by atoms with Crippen molar-refractivity contribution in [3.05, 3.63) is 29.8 Å². The highest BCUT2D eigenvalue weighted by Crippen LogP contribution is 2.19. The van der Waals surface area contributed by atoms with Gasteiger partial charge in [-0.05, 0) is 31.0 Å². The molecule has 1 rings (SSSR count). The van der Waals surface area contributed by atoms with Crippen molar-refractivity contribution >= 4 is 17.6 Å². The number of anilines is 1. The maximum absolute atomic E-state index is 12.3. The summed E-state index contributed by atoms with van der Waals surface area (Å²) in [6.45, 7) is 2.38. The van der Waals surface area contributed by atoms with Crippen LogP contribution in [-0.4, -0.2) is 37.5 Å². The minimum Gasteiger partial charge on any atom is -0.469 e. The number of benzene rings is 1. The highest BCUT2D eigenvalue weighted by atomic mass is 16.5. The van der Waals surface area contributed by atoms with Gasteiger partial charge in [-0.25, -0.2) is 0 Å². The number of amides is 1. The zero-order valence-electron chi connectivity index (χ0n) is 12.3. The summed E-state index contributed by atoms with van der Waals surface area (Å²) in [6.07, 6.45) is 0.916. The maximum atomic E-state index is 12.3. The molecule has 0 aliphatic rings. The summed E-state index contributed by atoms with van der Waals surface area (Å²) in [5.41, 5.74) is 7.27. The van der Waals surface area contributed by atoms with Crippen LogP contribution < -0.4 is 5.73 Å². The van der Waals surface area contributed by atoms with E-state index in [0.717, 1.165) is 5.56 Å². The van der Waals surface area contributed by atoms with E-state index in [4.69, 9.17) is 5.73 Å². The van der Waals surface area contributed by atoms with Crippen LogP contribution in [0.1, 0.15) is 31.2 Å². The van der Waals surface area contributed by atoms with Gasteiger partial charge in [-0.3, -0.25) is 9.59 Å². The van der Waals surface area contributed by atoms with Crippen LogP contribution in [0.15, 0.2) is 24.3 Å². The molecular formula is C15H22N2O3. The number of nitrogens with zero attached hydrogens (tertiary/aromatic N) is 1. The Bertz CT molecular complexity index is 474. The zero-order valence-corrected chi connectivity index (χ0v) is 12.3. The molecule has 1 unspecified atom stereocenters. The smallest absolute Gasteiger partial charge is 0.305 e. The third-order valence-electron chi connectivity index (χ3n) is 3.26. The first-order chi connectivity index (χ1) is 9.45. The van der Waals surface area contributed by atoms with Crippen molar-refractivity contribution in [2.45, 2.75) is 25.7 Å². The summed E-state index contributed by atoms with van der Waals surface area (Å²) in [5, 5.41) is 0. The Labute approximate surface area is 119 Å². The van der Waals surface area contributed by atoms with E-state index >= 15 is 0 Å². The van der Waals surface area contributed by atoms with Crippen molar-refractivity contribution in [3.63, 3.8) is 0 Å². The Morgan fingerprint density at radius 1 is 1.40 bits per heavy atom. The van der Waals surface area contributed by atoms with Crippen molar-refractivity contribution in [2.24, 2.45) is 0 Å². The molecular weight excluding hydrogens is 256 g/mol. The molecule has 0 spiro atoms. The largest absolute Gasteiger partial charge is 0.469 e. The first kappa shape index (κ1) is 16.0. The highest BCUT2D eigenvalue weighted by molar-refractivity contribution is 5.83. The van der Waals surface area contributed by atoms with Gasteiger partial charge in [0.05, 0.1) is 13.0 Å². The van der Waals surface area contributed by atoms with E-state index in [0.29, 0.717) is 25.1 Å². The zero-order chi connectivity index (χ0) is 15.1. The first-order valence-corrected chi connectivity index (χ1v) is 6.63. The van der Waals surface area contributed by atoms with Crippen molar-refractivity contribution in [2.75, 3.05) is 26.4 Å². The molecule has 0 aliphatic carbocycles. The number of esters is 1. The van der Waals surface area contributed by atoms with Gasteiger partial charge in [-0.2, -0.15) is 0 Å². The monoisotopic (exact) mass is 278 g/mol. The van der Waals surface area contributed by atoms with Gasteiger partial charge in [0, 0.05) is 25.7 Å². The van der Waals surface area contributed by atoms with Gasteiger partial charge in [-0.15, -0.1) is 0 Å². The van der Waals surface area contributed by atoms with Crippen LogP contribution in [0.5, 0.6) is 0 Å². The molecule has 0 radical (unpaired) electrons. The van der Waals surface area contributed by atoms with Crippen LogP contribution in [0.2, 0.25) is 0 Å². The third-order valence-corrected chi connectivity index (χ3v) is 3.26. The maximum Gasteiger partial charge on any atom is 0.305 e. The molecule has 2 N–H and O–H groups in total. The predicted molar refractivity (Wildman–Crippen MR) is 78.2 cm³/mol. The molecule has 0 bridgehead atoms. The highest BCUT2D eigenvalue weighted by Gasteiger charge is 2.19. The van der Waals surface area contributed by atoms with Gasteiger partial charge in [0.25, 0.3) is 0 Å². The Hall–Kier alpha value is -2.04. The summed E-state index contributed by atoms with van der Waals surface area (Å²) in [6, 6.07) is 7.33. The molecule has 1 atom stereocenters. The topological polar surface area (TPSA) is 72.6 Å². The molecule has 20 heavy (non-hydrogen) atoms. The van der Waals surface area contributed by atoms with Gasteiger partial charge in [0.2, 0.25) is 5.91 Å². The van der Waals surface area contributed by atoms with E-state index in [9.17, 15) is 9.59 Å². The fraction of sp³-hybridized carbons (Fsp3) is 0.467. The quantitative estimate of drug-likeness (QED) is 0.636. The number of carbonyl (C=O) groups excluding carboxylic acids is 2. The summed E-state index contributed by atoms with van der Waals surface area (Å²) in [7, 11) is 3.10. The fourth-order valence-electron chi connectivity index (χ4n) is 1.97. The summed E-state index contributed by atoms with van der Waals surface area (Å²) in [5.74, 6) is -0.489. The number of nitrogens with two attached hydrogens (primary N) is 1. The van der Waals surface area contributed by atoms with Crippen LogP contribution in [0, 0.1) is 0 Å². The molecule has 5 nitrogen and oxygen atoms in total. The SMILES string of the molecule is COC(=O)CCCN(C)C(=O)C(C)c1cccc(N)c1. The van der Waals surface area contributed by atoms with Crippen LogP contribution in [0.4, 0.5) is 5.69 Å². The number of carbonyl (C=O) groups is 2. The fourth-order valence-corrected chi connectivity index (χ4v) is 1.97. The minimum absolute atomic E-state index is 0.0143. The van der Waals surface area contributed by atoms with Crippen molar-refractivity contribution in [3.8, 4) is 0 Å². The molecule has 1 amide bonds. The molecule has 0 saturated heterocycles. The lowest BCUT2D eigenvalue weighted by Crippen LogP contribution is -2.31. The molecule has 0 saturated carbocycles. The molecule has 0 aromatic heterocycles. The van der Waals surface area contributed by atoms with Gasteiger partial charge in [-0.1, -0.05) is 12.1 Å². The van der Waals surface area contributed by atoms with E-state index in [-0.39, 0.29) is 17.8 Å². The number of ether oxygens (including phenoxy) is 1. The molecule has 5 heteroatoms. The van der Waals surface area contributed by atoms with Gasteiger partial charge >= 0.3 is 5.97 Å². The van der Waals surface area contributed by atoms with E-state index in [1.54, 1.807) is 18.0 Å². The van der Waals surface area contributed by atoms with E-state index in [1.807, 2.05) is 25.1 Å². The Morgan fingerprint density at radius 3 is 2.70 bits per heavy atom. The van der Waals surface area contributed by atoms with E-state index in [2.05, 4.69) is 4.74 Å². The summed E-state index contributed by atoms with van der Waals surface area (Å²) >= 11 is 0. The average Bonchev–Trinajstić information content (AvgIpc) is 2.45. The molecule has 0 aliphatic heterocycles. The first-order valence-electron chi connectivity index (χ1n) is 6.63. The number of methoxy groups -OCH3 is 1. The average molecular weight is 278 g/mol. The molecule has 1 aromatic rings. The van der Waals surface area contributed by atoms with Gasteiger partial charge in [0.15, 0.2) is 0 Å². The van der Waals surface area contributed by atoms with Crippen LogP contribution in [-0.2, 0) is 14.3 Å². The second kappa shape index (κ2) is 7.53. The number of likely N-dealkylation sites (N-methyl/N-ethyl adjacent to an activating group) is 1. The Morgan fingerprint density at radius 2 is 2.10 bits per heavy atom. The van der Waals surface area contributed by atoms with Gasteiger partial charge in [0.1, 0.15) is 0 Å². The predicted octanol–water partition coefficient (Wildman–Crippen LogP) is 1.78. The summed E-state index contributed by atoms with van der Waals surface area (Å²) < 4.78 is 4.57.